The number of hydrogen-bond donors (Lipinski definition) is 1. The Labute approximate surface area is 167 Å². The molecule has 1 N–H and O–H groups in total. The van der Waals surface area contributed by atoms with Crippen LogP contribution in [-0.4, -0.2) is 79.1 Å². The number of fused-ring (bicyclic) bond motifs is 1. The Morgan fingerprint density at radius 3 is 3.11 bits per heavy atom. The molecule has 4 aliphatic heterocycles. The van der Waals surface area contributed by atoms with Crippen molar-refractivity contribution in [2.24, 2.45) is 4.99 Å². The number of piperidine rings is 1. The van der Waals surface area contributed by atoms with E-state index >= 15 is 0 Å². The monoisotopic (exact) mass is 387 g/mol. The fourth-order valence-corrected chi connectivity index (χ4v) is 5.42. The lowest BCUT2D eigenvalue weighted by Gasteiger charge is -2.47. The Kier molecular flexibility index (Phi) is 4.95. The van der Waals surface area contributed by atoms with E-state index in [1.165, 1.54) is 30.3 Å². The quantitative estimate of drug-likeness (QED) is 0.807. The Morgan fingerprint density at radius 2 is 2.21 bits per heavy atom. The first-order chi connectivity index (χ1) is 13.6. The van der Waals surface area contributed by atoms with Crippen molar-refractivity contribution < 1.29 is 9.47 Å². The summed E-state index contributed by atoms with van der Waals surface area (Å²) in [6, 6.07) is 2.16. The van der Waals surface area contributed by atoms with Gasteiger partial charge in [-0.05, 0) is 52.3 Å². The molecule has 5 rings (SSSR count). The average molecular weight is 388 g/mol. The van der Waals surface area contributed by atoms with Crippen LogP contribution in [-0.2, 0) is 9.47 Å². The number of ether oxygens (including phenoxy) is 2. The fourth-order valence-electron chi connectivity index (χ4n) is 5.42. The van der Waals surface area contributed by atoms with Gasteiger partial charge in [-0.2, -0.15) is 0 Å². The van der Waals surface area contributed by atoms with Crippen molar-refractivity contribution in [1.29, 1.82) is 0 Å². The number of likely N-dealkylation sites (N-methyl/N-ethyl adjacent to an activating group) is 1. The van der Waals surface area contributed by atoms with Gasteiger partial charge >= 0.3 is 0 Å². The molecule has 1 aromatic heterocycles. The maximum atomic E-state index is 6.49. The summed E-state index contributed by atoms with van der Waals surface area (Å²) in [5, 5.41) is 4.51. The van der Waals surface area contributed by atoms with Crippen molar-refractivity contribution >= 4 is 5.70 Å². The summed E-state index contributed by atoms with van der Waals surface area (Å²) < 4.78 is 15.0. The third-order valence-corrected chi connectivity index (χ3v) is 6.78. The van der Waals surface area contributed by atoms with Crippen LogP contribution < -0.4 is 16.0 Å². The van der Waals surface area contributed by atoms with Gasteiger partial charge in [0.1, 0.15) is 18.4 Å². The molecule has 3 fully saturated rings. The Morgan fingerprint density at radius 1 is 1.29 bits per heavy atom. The second kappa shape index (κ2) is 7.44. The molecule has 0 bridgehead atoms. The first kappa shape index (κ1) is 18.6. The highest BCUT2D eigenvalue weighted by atomic mass is 16.5. The molecule has 0 aliphatic carbocycles. The molecule has 4 aliphatic rings. The van der Waals surface area contributed by atoms with E-state index in [2.05, 4.69) is 50.9 Å². The molecule has 28 heavy (non-hydrogen) atoms. The van der Waals surface area contributed by atoms with Crippen molar-refractivity contribution in [3.05, 3.63) is 23.0 Å². The minimum absolute atomic E-state index is 0.0298. The number of aromatic nitrogens is 1. The number of likely N-dealkylation sites (tertiary alicyclic amines) is 1. The van der Waals surface area contributed by atoms with E-state index in [1.54, 1.807) is 0 Å². The SMILES string of the molecule is CC1=c2ccn(C3CCC(CN4CCOC5(CCCN(C)C5)C4)O3)c2=NCN1. The minimum atomic E-state index is 0.0298. The number of morpholine rings is 1. The van der Waals surface area contributed by atoms with Gasteiger partial charge in [-0.1, -0.05) is 0 Å². The molecule has 7 heteroatoms. The maximum Gasteiger partial charge on any atom is 0.140 e. The largest absolute Gasteiger partial charge is 0.371 e. The van der Waals surface area contributed by atoms with Gasteiger partial charge in [0, 0.05) is 43.3 Å². The molecule has 0 aromatic carbocycles. The van der Waals surface area contributed by atoms with Gasteiger partial charge in [0.05, 0.1) is 18.3 Å². The summed E-state index contributed by atoms with van der Waals surface area (Å²) in [6.45, 7) is 8.93. The van der Waals surface area contributed by atoms with Gasteiger partial charge < -0.3 is 24.3 Å². The van der Waals surface area contributed by atoms with Crippen LogP contribution >= 0.6 is 0 Å². The van der Waals surface area contributed by atoms with Crippen LogP contribution in [0.2, 0.25) is 0 Å². The van der Waals surface area contributed by atoms with E-state index in [1.807, 2.05) is 0 Å². The van der Waals surface area contributed by atoms with Crippen LogP contribution in [0.4, 0.5) is 0 Å². The maximum absolute atomic E-state index is 6.49. The molecule has 5 heterocycles. The summed E-state index contributed by atoms with van der Waals surface area (Å²) in [5.41, 5.74) is 2.30. The molecular weight excluding hydrogens is 354 g/mol. The van der Waals surface area contributed by atoms with Gasteiger partial charge in [0.15, 0.2) is 0 Å². The van der Waals surface area contributed by atoms with E-state index in [9.17, 15) is 0 Å². The normalized spacial score (nSPS) is 34.3. The summed E-state index contributed by atoms with van der Waals surface area (Å²) in [7, 11) is 2.21. The van der Waals surface area contributed by atoms with Gasteiger partial charge in [-0.25, -0.2) is 4.99 Å². The molecule has 1 aromatic rings. The Balaban J connectivity index is 1.23. The number of hydrogen-bond acceptors (Lipinski definition) is 6. The van der Waals surface area contributed by atoms with E-state index < -0.39 is 0 Å². The lowest BCUT2D eigenvalue weighted by atomic mass is 9.91. The van der Waals surface area contributed by atoms with Crippen molar-refractivity contribution in [3.63, 3.8) is 0 Å². The highest BCUT2D eigenvalue weighted by Gasteiger charge is 2.40. The molecule has 0 radical (unpaired) electrons. The average Bonchev–Trinajstić information content (AvgIpc) is 3.29. The number of nitrogens with one attached hydrogen (secondary N) is 1. The summed E-state index contributed by atoms with van der Waals surface area (Å²) in [6.07, 6.45) is 7.14. The van der Waals surface area contributed by atoms with Crippen molar-refractivity contribution in [2.45, 2.75) is 50.5 Å². The van der Waals surface area contributed by atoms with Crippen LogP contribution in [0.1, 0.15) is 38.8 Å². The Bertz CT molecular complexity index is 832. The predicted octanol–water partition coefficient (Wildman–Crippen LogP) is 0.271. The highest BCUT2D eigenvalue weighted by molar-refractivity contribution is 5.39. The second-order valence-corrected chi connectivity index (χ2v) is 8.98. The molecular formula is C21H33N5O2. The van der Waals surface area contributed by atoms with Gasteiger partial charge in [-0.3, -0.25) is 4.90 Å². The summed E-state index contributed by atoms with van der Waals surface area (Å²) in [4.78, 5) is 9.67. The van der Waals surface area contributed by atoms with E-state index in [0.29, 0.717) is 12.8 Å². The Hall–Kier alpha value is -1.41. The van der Waals surface area contributed by atoms with Crippen LogP contribution in [0.15, 0.2) is 17.3 Å². The molecule has 3 atom stereocenters. The number of nitrogens with zero attached hydrogens (tertiary/aromatic N) is 4. The zero-order valence-electron chi connectivity index (χ0n) is 17.2. The molecule has 7 nitrogen and oxygen atoms in total. The first-order valence-electron chi connectivity index (χ1n) is 10.8. The van der Waals surface area contributed by atoms with Crippen LogP contribution in [0, 0.1) is 0 Å². The third kappa shape index (κ3) is 3.49. The number of rotatable bonds is 3. The molecule has 0 saturated carbocycles. The van der Waals surface area contributed by atoms with Crippen molar-refractivity contribution in [1.82, 2.24) is 19.7 Å². The smallest absolute Gasteiger partial charge is 0.140 e. The lowest BCUT2D eigenvalue weighted by molar-refractivity contribution is -0.143. The van der Waals surface area contributed by atoms with Crippen LogP contribution in [0.3, 0.4) is 0 Å². The predicted molar refractivity (Wildman–Crippen MR) is 107 cm³/mol. The minimum Gasteiger partial charge on any atom is -0.371 e. The second-order valence-electron chi connectivity index (χ2n) is 8.98. The first-order valence-corrected chi connectivity index (χ1v) is 10.8. The van der Waals surface area contributed by atoms with E-state index in [-0.39, 0.29) is 11.8 Å². The van der Waals surface area contributed by atoms with Gasteiger partial charge in [0.25, 0.3) is 0 Å². The van der Waals surface area contributed by atoms with Gasteiger partial charge in [-0.15, -0.1) is 0 Å². The topological polar surface area (TPSA) is 54.3 Å². The standard InChI is InChI=1S/C21H33N5O2/c1-16-18-6-9-26(20(18)23-15-22-16)19-5-4-17(28-19)12-25-10-11-27-21(14-25)7-3-8-24(2)13-21/h6,9,17,19,22H,3-5,7-8,10-15H2,1-2H3. The van der Waals surface area contributed by atoms with E-state index in [4.69, 9.17) is 9.47 Å². The zero-order valence-corrected chi connectivity index (χ0v) is 17.2. The van der Waals surface area contributed by atoms with Crippen LogP contribution in [0.25, 0.3) is 5.70 Å². The molecule has 154 valence electrons. The zero-order chi connectivity index (χ0) is 19.1. The van der Waals surface area contributed by atoms with Crippen molar-refractivity contribution in [2.75, 3.05) is 53.0 Å². The molecule has 3 saturated heterocycles. The van der Waals surface area contributed by atoms with Crippen LogP contribution in [0.5, 0.6) is 0 Å². The summed E-state index contributed by atoms with van der Waals surface area (Å²) >= 11 is 0. The molecule has 3 unspecified atom stereocenters. The lowest BCUT2D eigenvalue weighted by Crippen LogP contribution is -2.59. The molecule has 1 spiro atoms. The highest BCUT2D eigenvalue weighted by Crippen LogP contribution is 2.31. The molecule has 0 amide bonds. The van der Waals surface area contributed by atoms with Crippen molar-refractivity contribution in [3.8, 4) is 0 Å². The third-order valence-electron chi connectivity index (χ3n) is 6.78. The van der Waals surface area contributed by atoms with Gasteiger partial charge in [0.2, 0.25) is 0 Å². The fraction of sp³-hybridized carbons (Fsp3) is 0.762. The van der Waals surface area contributed by atoms with E-state index in [0.717, 1.165) is 51.1 Å². The summed E-state index contributed by atoms with van der Waals surface area (Å²) in [5.74, 6) is 0.